The molecule has 0 aliphatic heterocycles. The van der Waals surface area contributed by atoms with E-state index in [0.29, 0.717) is 5.69 Å². The minimum Gasteiger partial charge on any atom is -0.475 e. The fraction of sp³-hybridized carbons (Fsp3) is 0.167. The first kappa shape index (κ1) is 7.46. The average Bonchev–Trinajstić information content (AvgIpc) is 2.39. The molecule has 1 N–H and O–H groups in total. The molecule has 0 saturated heterocycles. The summed E-state index contributed by atoms with van der Waals surface area (Å²) in [5, 5.41) is 8.17. The topological polar surface area (TPSA) is 80.4 Å². The molecule has 0 amide bonds. The summed E-state index contributed by atoms with van der Waals surface area (Å²) < 4.78 is 4.54. The van der Waals surface area contributed by atoms with E-state index in [1.54, 1.807) is 0 Å². The standard InChI is InChI=1S/C6H5NO4/c8-5(6(9)10)1-4-2-11-3-7-4/h2-3H,1H2,(H,9,10). The normalized spacial score (nSPS) is 9.45. The lowest BCUT2D eigenvalue weighted by Crippen LogP contribution is -2.15. The van der Waals surface area contributed by atoms with Crippen molar-refractivity contribution >= 4 is 11.8 Å². The van der Waals surface area contributed by atoms with Crippen molar-refractivity contribution in [1.82, 2.24) is 4.98 Å². The predicted molar refractivity (Wildman–Crippen MR) is 32.8 cm³/mol. The lowest BCUT2D eigenvalue weighted by molar-refractivity contribution is -0.148. The van der Waals surface area contributed by atoms with Gasteiger partial charge in [0, 0.05) is 0 Å². The molecule has 0 fully saturated rings. The van der Waals surface area contributed by atoms with Gasteiger partial charge in [-0.3, -0.25) is 4.79 Å². The number of carboxylic acids is 1. The summed E-state index contributed by atoms with van der Waals surface area (Å²) in [4.78, 5) is 24.1. The Morgan fingerprint density at radius 1 is 1.64 bits per heavy atom. The van der Waals surface area contributed by atoms with Crippen molar-refractivity contribution in [3.05, 3.63) is 18.4 Å². The maximum Gasteiger partial charge on any atom is 0.372 e. The van der Waals surface area contributed by atoms with Crippen molar-refractivity contribution in [2.75, 3.05) is 0 Å². The second-order valence-corrected chi connectivity index (χ2v) is 1.88. The van der Waals surface area contributed by atoms with Crippen molar-refractivity contribution in [2.24, 2.45) is 0 Å². The second-order valence-electron chi connectivity index (χ2n) is 1.88. The number of aliphatic carboxylic acids is 1. The molecule has 1 rings (SSSR count). The first-order valence-electron chi connectivity index (χ1n) is 2.83. The molecule has 1 aromatic rings. The number of carbonyl (C=O) groups is 2. The van der Waals surface area contributed by atoms with Crippen LogP contribution in [-0.4, -0.2) is 21.8 Å². The van der Waals surface area contributed by atoms with Crippen LogP contribution >= 0.6 is 0 Å². The minimum atomic E-state index is -1.45. The number of hydrogen-bond acceptors (Lipinski definition) is 4. The van der Waals surface area contributed by atoms with Gasteiger partial charge in [-0.15, -0.1) is 0 Å². The summed E-state index contributed by atoms with van der Waals surface area (Å²) in [5.74, 6) is -2.34. The molecule has 0 bridgehead atoms. The van der Waals surface area contributed by atoms with Gasteiger partial charge in [0.25, 0.3) is 0 Å². The number of hydrogen-bond donors (Lipinski definition) is 1. The van der Waals surface area contributed by atoms with Gasteiger partial charge in [0.05, 0.1) is 12.1 Å². The van der Waals surface area contributed by atoms with Gasteiger partial charge in [0.2, 0.25) is 5.78 Å². The molecular formula is C6H5NO4. The van der Waals surface area contributed by atoms with E-state index in [1.807, 2.05) is 0 Å². The van der Waals surface area contributed by atoms with Crippen LogP contribution < -0.4 is 0 Å². The van der Waals surface area contributed by atoms with Gasteiger partial charge in [-0.25, -0.2) is 9.78 Å². The molecule has 0 aliphatic carbocycles. The van der Waals surface area contributed by atoms with Gasteiger partial charge in [-0.1, -0.05) is 0 Å². The Morgan fingerprint density at radius 2 is 2.36 bits per heavy atom. The number of Topliss-reactive ketones (excluding diaryl/α,β-unsaturated/α-hetero) is 1. The van der Waals surface area contributed by atoms with E-state index in [9.17, 15) is 9.59 Å². The zero-order chi connectivity index (χ0) is 8.27. The Balaban J connectivity index is 2.57. The Kier molecular flexibility index (Phi) is 2.00. The first-order chi connectivity index (χ1) is 5.20. The lowest BCUT2D eigenvalue weighted by Gasteiger charge is -1.87. The van der Waals surface area contributed by atoms with Gasteiger partial charge in [0.15, 0.2) is 6.39 Å². The number of rotatable bonds is 3. The van der Waals surface area contributed by atoms with Crippen LogP contribution in [0.5, 0.6) is 0 Å². The van der Waals surface area contributed by atoms with Crippen LogP contribution in [0.25, 0.3) is 0 Å². The zero-order valence-corrected chi connectivity index (χ0v) is 5.48. The highest BCUT2D eigenvalue weighted by molar-refractivity contribution is 6.33. The minimum absolute atomic E-state index is 0.216. The highest BCUT2D eigenvalue weighted by Gasteiger charge is 2.12. The van der Waals surface area contributed by atoms with E-state index < -0.39 is 11.8 Å². The van der Waals surface area contributed by atoms with Crippen LogP contribution in [0.15, 0.2) is 17.1 Å². The van der Waals surface area contributed by atoms with Gasteiger partial charge < -0.3 is 9.52 Å². The quantitative estimate of drug-likeness (QED) is 0.615. The fourth-order valence-electron chi connectivity index (χ4n) is 0.565. The highest BCUT2D eigenvalue weighted by Crippen LogP contribution is 1.95. The van der Waals surface area contributed by atoms with Crippen molar-refractivity contribution in [3.8, 4) is 0 Å². The molecule has 5 nitrogen and oxygen atoms in total. The molecule has 0 saturated carbocycles. The first-order valence-corrected chi connectivity index (χ1v) is 2.83. The van der Waals surface area contributed by atoms with Gasteiger partial charge >= 0.3 is 5.97 Å². The number of aromatic nitrogens is 1. The third-order valence-electron chi connectivity index (χ3n) is 1.06. The Bertz CT molecular complexity index is 264. The predicted octanol–water partition coefficient (Wildman–Crippen LogP) is -0.129. The summed E-state index contributed by atoms with van der Waals surface area (Å²) in [6.45, 7) is 0. The SMILES string of the molecule is O=C(O)C(=O)Cc1cocn1. The van der Waals surface area contributed by atoms with Crippen LogP contribution in [0.2, 0.25) is 0 Å². The summed E-state index contributed by atoms with van der Waals surface area (Å²) in [7, 11) is 0. The van der Waals surface area contributed by atoms with Gasteiger partial charge in [-0.05, 0) is 0 Å². The Labute approximate surface area is 61.7 Å². The number of nitrogens with zero attached hydrogens (tertiary/aromatic N) is 1. The van der Waals surface area contributed by atoms with Crippen molar-refractivity contribution in [1.29, 1.82) is 0 Å². The van der Waals surface area contributed by atoms with Crippen LogP contribution in [0.4, 0.5) is 0 Å². The van der Waals surface area contributed by atoms with E-state index in [4.69, 9.17) is 5.11 Å². The Morgan fingerprint density at radius 3 is 2.82 bits per heavy atom. The molecule has 0 radical (unpaired) electrons. The maximum atomic E-state index is 10.5. The van der Waals surface area contributed by atoms with Gasteiger partial charge in [0.1, 0.15) is 6.26 Å². The number of carboxylic acid groups (broad SMARTS) is 1. The molecule has 0 atom stereocenters. The largest absolute Gasteiger partial charge is 0.475 e. The number of oxazole rings is 1. The maximum absolute atomic E-state index is 10.5. The van der Waals surface area contributed by atoms with E-state index in [0.717, 1.165) is 6.39 Å². The fourth-order valence-corrected chi connectivity index (χ4v) is 0.565. The van der Waals surface area contributed by atoms with Crippen LogP contribution in [-0.2, 0) is 16.0 Å². The average molecular weight is 155 g/mol. The number of ketones is 1. The summed E-state index contributed by atoms with van der Waals surface area (Å²) in [6.07, 6.45) is 2.16. The molecule has 0 unspecified atom stereocenters. The molecule has 0 spiro atoms. The molecule has 58 valence electrons. The van der Waals surface area contributed by atoms with E-state index in [-0.39, 0.29) is 6.42 Å². The third-order valence-corrected chi connectivity index (χ3v) is 1.06. The molecular weight excluding hydrogens is 150 g/mol. The Hall–Kier alpha value is -1.65. The van der Waals surface area contributed by atoms with Gasteiger partial charge in [-0.2, -0.15) is 0 Å². The smallest absolute Gasteiger partial charge is 0.372 e. The monoisotopic (exact) mass is 155 g/mol. The summed E-state index contributed by atoms with van der Waals surface area (Å²) in [6, 6.07) is 0. The van der Waals surface area contributed by atoms with Crippen molar-refractivity contribution in [2.45, 2.75) is 6.42 Å². The van der Waals surface area contributed by atoms with Crippen molar-refractivity contribution in [3.63, 3.8) is 0 Å². The molecule has 1 heterocycles. The number of carbonyl (C=O) groups excluding carboxylic acids is 1. The highest BCUT2D eigenvalue weighted by atomic mass is 16.4. The van der Waals surface area contributed by atoms with E-state index >= 15 is 0 Å². The third kappa shape index (κ3) is 1.89. The second kappa shape index (κ2) is 2.96. The van der Waals surface area contributed by atoms with Crippen molar-refractivity contribution < 1.29 is 19.1 Å². The van der Waals surface area contributed by atoms with Crippen LogP contribution in [0.1, 0.15) is 5.69 Å². The molecule has 5 heteroatoms. The van der Waals surface area contributed by atoms with Crippen LogP contribution in [0, 0.1) is 0 Å². The van der Waals surface area contributed by atoms with E-state index in [1.165, 1.54) is 6.26 Å². The molecule has 0 aromatic carbocycles. The zero-order valence-electron chi connectivity index (χ0n) is 5.48. The van der Waals surface area contributed by atoms with E-state index in [2.05, 4.69) is 9.40 Å². The summed E-state index contributed by atoms with van der Waals surface area (Å²) >= 11 is 0. The lowest BCUT2D eigenvalue weighted by atomic mass is 10.2. The summed E-state index contributed by atoms with van der Waals surface area (Å²) in [5.41, 5.74) is 0.331. The molecule has 11 heavy (non-hydrogen) atoms. The molecule has 0 aliphatic rings. The van der Waals surface area contributed by atoms with Crippen LogP contribution in [0.3, 0.4) is 0 Å². The molecule has 1 aromatic heterocycles.